The Hall–Kier alpha value is -3.22. The molecule has 0 saturated carbocycles. The van der Waals surface area contributed by atoms with Gasteiger partial charge in [-0.3, -0.25) is 0 Å². The molecule has 1 aromatic carbocycles. The molecule has 3 aromatic heterocycles. The Morgan fingerprint density at radius 1 is 1.08 bits per heavy atom. The molecule has 0 aliphatic carbocycles. The van der Waals surface area contributed by atoms with E-state index in [-0.39, 0.29) is 0 Å². The van der Waals surface area contributed by atoms with Crippen LogP contribution < -0.4 is 4.90 Å². The number of fused-ring (bicyclic) bond motifs is 1. The minimum atomic E-state index is 0.672. The second-order valence-corrected chi connectivity index (χ2v) is 6.50. The molecule has 4 rings (SSSR count). The number of rotatable bonds is 4. The van der Waals surface area contributed by atoms with Crippen molar-refractivity contribution in [3.63, 3.8) is 0 Å². The highest BCUT2D eigenvalue weighted by Crippen LogP contribution is 2.24. The average Bonchev–Trinajstić information content (AvgIpc) is 3.22. The summed E-state index contributed by atoms with van der Waals surface area (Å²) in [5, 5.41) is 4.78. The molecule has 0 atom stereocenters. The van der Waals surface area contributed by atoms with Crippen LogP contribution in [0.2, 0.25) is 0 Å². The van der Waals surface area contributed by atoms with E-state index in [0.717, 1.165) is 28.4 Å². The Kier molecular flexibility index (Phi) is 3.91. The number of anilines is 1. The summed E-state index contributed by atoms with van der Waals surface area (Å²) < 4.78 is 2.03. The van der Waals surface area contributed by atoms with Crippen LogP contribution in [0.25, 0.3) is 16.9 Å². The zero-order valence-corrected chi connectivity index (χ0v) is 15.4. The van der Waals surface area contributed by atoms with Gasteiger partial charge in [-0.2, -0.15) is 5.10 Å². The highest BCUT2D eigenvalue weighted by molar-refractivity contribution is 5.82. The van der Waals surface area contributed by atoms with E-state index in [9.17, 15) is 0 Å². The first-order valence-electron chi connectivity index (χ1n) is 8.52. The zero-order valence-electron chi connectivity index (χ0n) is 15.4. The number of nitrogens with one attached hydrogen (secondary N) is 1. The maximum atomic E-state index is 4.78. The SMILES string of the molecule is Cc1ccccc1-n1nc(C)c(CN(C)c2ncnc3nc[nH]c23)c1C. The van der Waals surface area contributed by atoms with Crippen LogP contribution in [0.5, 0.6) is 0 Å². The first-order chi connectivity index (χ1) is 12.6. The number of aromatic amines is 1. The highest BCUT2D eigenvalue weighted by Gasteiger charge is 2.18. The number of aromatic nitrogens is 6. The Balaban J connectivity index is 1.71. The molecule has 0 aliphatic rings. The fourth-order valence-electron chi connectivity index (χ4n) is 3.29. The first kappa shape index (κ1) is 16.3. The van der Waals surface area contributed by atoms with Gasteiger partial charge in [0.2, 0.25) is 0 Å². The van der Waals surface area contributed by atoms with Crippen LogP contribution in [0.3, 0.4) is 0 Å². The molecule has 0 spiro atoms. The van der Waals surface area contributed by atoms with Gasteiger partial charge >= 0.3 is 0 Å². The summed E-state index contributed by atoms with van der Waals surface area (Å²) in [5.41, 5.74) is 7.18. The maximum Gasteiger partial charge on any atom is 0.182 e. The predicted octanol–water partition coefficient (Wildman–Crippen LogP) is 3.10. The van der Waals surface area contributed by atoms with Crippen LogP contribution in [0.4, 0.5) is 5.82 Å². The molecular weight excluding hydrogens is 326 g/mol. The molecule has 0 saturated heterocycles. The van der Waals surface area contributed by atoms with Crippen molar-refractivity contribution in [1.29, 1.82) is 0 Å². The molecule has 7 nitrogen and oxygen atoms in total. The highest BCUT2D eigenvalue weighted by atomic mass is 15.3. The number of hydrogen-bond donors (Lipinski definition) is 1. The van der Waals surface area contributed by atoms with Crippen molar-refractivity contribution in [1.82, 2.24) is 29.7 Å². The van der Waals surface area contributed by atoms with Crippen molar-refractivity contribution in [2.24, 2.45) is 0 Å². The van der Waals surface area contributed by atoms with Gasteiger partial charge < -0.3 is 9.88 Å². The van der Waals surface area contributed by atoms with E-state index in [2.05, 4.69) is 57.7 Å². The van der Waals surface area contributed by atoms with E-state index in [0.29, 0.717) is 12.2 Å². The van der Waals surface area contributed by atoms with Gasteiger partial charge in [-0.05, 0) is 32.4 Å². The Bertz CT molecular complexity index is 1080. The van der Waals surface area contributed by atoms with Gasteiger partial charge in [0.1, 0.15) is 11.8 Å². The van der Waals surface area contributed by atoms with Gasteiger partial charge in [-0.15, -0.1) is 0 Å². The van der Waals surface area contributed by atoms with Gasteiger partial charge in [0.25, 0.3) is 0 Å². The quantitative estimate of drug-likeness (QED) is 0.614. The average molecular weight is 347 g/mol. The normalized spacial score (nSPS) is 11.2. The lowest BCUT2D eigenvalue weighted by Gasteiger charge is -2.18. The molecule has 1 N–H and O–H groups in total. The third-order valence-corrected chi connectivity index (χ3v) is 4.74. The molecule has 26 heavy (non-hydrogen) atoms. The summed E-state index contributed by atoms with van der Waals surface area (Å²) in [6.07, 6.45) is 3.19. The van der Waals surface area contributed by atoms with Crippen LogP contribution >= 0.6 is 0 Å². The van der Waals surface area contributed by atoms with Crippen LogP contribution in [-0.4, -0.2) is 36.8 Å². The van der Waals surface area contributed by atoms with Crippen molar-refractivity contribution in [2.45, 2.75) is 27.3 Å². The standard InChI is InChI=1S/C19H21N7/c1-12-7-5-6-8-16(12)26-14(3)15(13(2)24-26)9-25(4)19-17-18(21-10-20-17)22-11-23-19/h5-8,10-11H,9H2,1-4H3,(H,20,21,22,23). The summed E-state index contributed by atoms with van der Waals surface area (Å²) in [4.78, 5) is 18.0. The van der Waals surface area contributed by atoms with E-state index in [4.69, 9.17) is 5.10 Å². The van der Waals surface area contributed by atoms with Crippen molar-refractivity contribution < 1.29 is 0 Å². The third kappa shape index (κ3) is 2.61. The third-order valence-electron chi connectivity index (χ3n) is 4.74. The molecule has 0 bridgehead atoms. The molecule has 0 unspecified atom stereocenters. The fourth-order valence-corrected chi connectivity index (χ4v) is 3.29. The molecular formula is C19H21N7. The minimum Gasteiger partial charge on any atom is -0.353 e. The molecule has 0 aliphatic heterocycles. The van der Waals surface area contributed by atoms with Crippen molar-refractivity contribution in [3.8, 4) is 5.69 Å². The topological polar surface area (TPSA) is 75.5 Å². The van der Waals surface area contributed by atoms with Crippen LogP contribution in [0.15, 0.2) is 36.9 Å². The lowest BCUT2D eigenvalue weighted by molar-refractivity contribution is 0.824. The van der Waals surface area contributed by atoms with E-state index >= 15 is 0 Å². The van der Waals surface area contributed by atoms with E-state index in [1.165, 1.54) is 11.1 Å². The minimum absolute atomic E-state index is 0.672. The van der Waals surface area contributed by atoms with E-state index in [1.54, 1.807) is 12.7 Å². The smallest absolute Gasteiger partial charge is 0.182 e. The summed E-state index contributed by atoms with van der Waals surface area (Å²) in [6.45, 7) is 6.97. The molecule has 0 fully saturated rings. The number of imidazole rings is 1. The number of H-pyrrole nitrogens is 1. The van der Waals surface area contributed by atoms with Crippen LogP contribution in [0, 0.1) is 20.8 Å². The number of benzene rings is 1. The first-order valence-corrected chi connectivity index (χ1v) is 8.52. The molecule has 0 radical (unpaired) electrons. The number of nitrogens with zero attached hydrogens (tertiary/aromatic N) is 6. The van der Waals surface area contributed by atoms with Crippen molar-refractivity contribution >= 4 is 17.0 Å². The van der Waals surface area contributed by atoms with Gasteiger partial charge in [-0.1, -0.05) is 18.2 Å². The summed E-state index contributed by atoms with van der Waals surface area (Å²) in [5.74, 6) is 0.829. The lowest BCUT2D eigenvalue weighted by Crippen LogP contribution is -2.19. The van der Waals surface area contributed by atoms with Crippen LogP contribution in [0.1, 0.15) is 22.5 Å². The lowest BCUT2D eigenvalue weighted by atomic mass is 10.1. The molecule has 132 valence electrons. The summed E-state index contributed by atoms with van der Waals surface area (Å²) in [7, 11) is 2.02. The zero-order chi connectivity index (χ0) is 18.3. The Morgan fingerprint density at radius 2 is 1.88 bits per heavy atom. The summed E-state index contributed by atoms with van der Waals surface area (Å²) >= 11 is 0. The van der Waals surface area contributed by atoms with Crippen molar-refractivity contribution in [2.75, 3.05) is 11.9 Å². The molecule has 7 heteroatoms. The van der Waals surface area contributed by atoms with E-state index < -0.39 is 0 Å². The van der Waals surface area contributed by atoms with Gasteiger partial charge in [-0.25, -0.2) is 19.6 Å². The number of hydrogen-bond acceptors (Lipinski definition) is 5. The second-order valence-electron chi connectivity index (χ2n) is 6.50. The molecule has 3 heterocycles. The van der Waals surface area contributed by atoms with E-state index in [1.807, 2.05) is 23.9 Å². The van der Waals surface area contributed by atoms with Gasteiger partial charge in [0.05, 0.1) is 17.7 Å². The molecule has 4 aromatic rings. The Morgan fingerprint density at radius 3 is 2.69 bits per heavy atom. The fraction of sp³-hybridized carbons (Fsp3) is 0.263. The molecule has 0 amide bonds. The monoisotopic (exact) mass is 347 g/mol. The number of aryl methyl sites for hydroxylation is 2. The maximum absolute atomic E-state index is 4.78. The van der Waals surface area contributed by atoms with Crippen LogP contribution in [-0.2, 0) is 6.54 Å². The van der Waals surface area contributed by atoms with Gasteiger partial charge in [0, 0.05) is 24.8 Å². The second kappa shape index (κ2) is 6.25. The van der Waals surface area contributed by atoms with Gasteiger partial charge in [0.15, 0.2) is 11.5 Å². The summed E-state index contributed by atoms with van der Waals surface area (Å²) in [6, 6.07) is 8.29. The predicted molar refractivity (Wildman–Crippen MR) is 102 cm³/mol. The Labute approximate surface area is 151 Å². The number of para-hydroxylation sites is 1. The largest absolute Gasteiger partial charge is 0.353 e. The van der Waals surface area contributed by atoms with Crippen molar-refractivity contribution in [3.05, 3.63) is 59.4 Å².